The number of hydrogen-bond donors (Lipinski definition) is 2. The van der Waals surface area contributed by atoms with Gasteiger partial charge in [0.1, 0.15) is 5.69 Å². The Labute approximate surface area is 112 Å². The highest BCUT2D eigenvalue weighted by Gasteiger charge is 2.17. The summed E-state index contributed by atoms with van der Waals surface area (Å²) in [5.74, 6) is -0.232. The van der Waals surface area contributed by atoms with Crippen molar-refractivity contribution in [1.29, 1.82) is 0 Å². The summed E-state index contributed by atoms with van der Waals surface area (Å²) in [4.78, 5) is 22.2. The van der Waals surface area contributed by atoms with Crippen LogP contribution in [-0.2, 0) is 0 Å². The zero-order chi connectivity index (χ0) is 14.4. The molecule has 19 heavy (non-hydrogen) atoms. The van der Waals surface area contributed by atoms with E-state index in [0.29, 0.717) is 17.8 Å². The average molecular weight is 265 g/mol. The Bertz CT molecular complexity index is 474. The smallest absolute Gasteiger partial charge is 0.292 e. The molecule has 0 aliphatic heterocycles. The molecule has 1 aromatic rings. The first-order valence-corrected chi connectivity index (χ1v) is 6.32. The molecule has 1 unspecified atom stereocenters. The molecule has 0 radical (unpaired) electrons. The number of nitrogens with one attached hydrogen (secondary N) is 2. The van der Waals surface area contributed by atoms with Crippen molar-refractivity contribution in [3.8, 4) is 0 Å². The second-order valence-corrected chi connectivity index (χ2v) is 4.30. The molecule has 0 fully saturated rings. The number of hydrogen-bond acceptors (Lipinski definition) is 4. The maximum Gasteiger partial charge on any atom is 0.292 e. The van der Waals surface area contributed by atoms with Crippen LogP contribution in [0.3, 0.4) is 0 Å². The molecule has 1 amide bonds. The van der Waals surface area contributed by atoms with Crippen molar-refractivity contribution >= 4 is 17.3 Å². The fraction of sp³-hybridized carbons (Fsp3) is 0.462. The van der Waals surface area contributed by atoms with Crippen molar-refractivity contribution in [3.05, 3.63) is 33.9 Å². The van der Waals surface area contributed by atoms with Crippen LogP contribution in [0.25, 0.3) is 0 Å². The van der Waals surface area contributed by atoms with Gasteiger partial charge in [0.15, 0.2) is 0 Å². The van der Waals surface area contributed by atoms with Gasteiger partial charge in [-0.05, 0) is 32.4 Å². The Kier molecular flexibility index (Phi) is 5.29. The lowest BCUT2D eigenvalue weighted by molar-refractivity contribution is -0.384. The first kappa shape index (κ1) is 14.9. The van der Waals surface area contributed by atoms with Crippen LogP contribution in [0.1, 0.15) is 37.6 Å². The Morgan fingerprint density at radius 2 is 2.11 bits per heavy atom. The van der Waals surface area contributed by atoms with Gasteiger partial charge in [-0.15, -0.1) is 0 Å². The van der Waals surface area contributed by atoms with Crippen molar-refractivity contribution in [2.45, 2.75) is 33.2 Å². The molecule has 2 N–H and O–H groups in total. The topological polar surface area (TPSA) is 84.3 Å². The summed E-state index contributed by atoms with van der Waals surface area (Å²) in [6.45, 7) is 6.26. The Morgan fingerprint density at radius 3 is 2.63 bits per heavy atom. The molecule has 6 heteroatoms. The lowest BCUT2D eigenvalue weighted by atomic mass is 10.1. The minimum atomic E-state index is -0.452. The number of amides is 1. The molecule has 0 heterocycles. The van der Waals surface area contributed by atoms with Crippen LogP contribution in [0, 0.1) is 10.1 Å². The van der Waals surface area contributed by atoms with Crippen LogP contribution in [0.2, 0.25) is 0 Å². The lowest BCUT2D eigenvalue weighted by Gasteiger charge is -2.14. The molecular weight excluding hydrogens is 246 g/mol. The third kappa shape index (κ3) is 3.94. The standard InChI is InChI=1S/C13H19N3O3/c1-4-9(3)15-11-8-10(13(17)14-5-2)6-7-12(11)16(18)19/h6-9,15H,4-5H2,1-3H3,(H,14,17). The zero-order valence-electron chi connectivity index (χ0n) is 11.4. The monoisotopic (exact) mass is 265 g/mol. The quantitative estimate of drug-likeness (QED) is 0.611. The fourth-order valence-corrected chi connectivity index (χ4v) is 1.58. The van der Waals surface area contributed by atoms with E-state index in [-0.39, 0.29) is 17.6 Å². The van der Waals surface area contributed by atoms with Gasteiger partial charge in [0.25, 0.3) is 11.6 Å². The minimum absolute atomic E-state index is 0.0200. The predicted octanol–water partition coefficient (Wildman–Crippen LogP) is 2.55. The molecule has 1 atom stereocenters. The molecule has 0 saturated carbocycles. The van der Waals surface area contributed by atoms with E-state index in [2.05, 4.69) is 10.6 Å². The van der Waals surface area contributed by atoms with E-state index in [1.54, 1.807) is 0 Å². The van der Waals surface area contributed by atoms with Crippen molar-refractivity contribution in [2.24, 2.45) is 0 Å². The molecule has 6 nitrogen and oxygen atoms in total. The van der Waals surface area contributed by atoms with Crippen molar-refractivity contribution in [1.82, 2.24) is 5.32 Å². The number of anilines is 1. The number of nitro groups is 1. The van der Waals surface area contributed by atoms with Crippen LogP contribution in [0.4, 0.5) is 11.4 Å². The van der Waals surface area contributed by atoms with E-state index in [9.17, 15) is 14.9 Å². The highest BCUT2D eigenvalue weighted by molar-refractivity contribution is 5.95. The second kappa shape index (κ2) is 6.72. The fourth-order valence-electron chi connectivity index (χ4n) is 1.58. The highest BCUT2D eigenvalue weighted by atomic mass is 16.6. The summed E-state index contributed by atoms with van der Waals surface area (Å²) < 4.78 is 0. The molecule has 104 valence electrons. The van der Waals surface area contributed by atoms with E-state index in [1.165, 1.54) is 18.2 Å². The normalized spacial score (nSPS) is 11.7. The summed E-state index contributed by atoms with van der Waals surface area (Å²) >= 11 is 0. The number of benzene rings is 1. The first-order valence-electron chi connectivity index (χ1n) is 6.32. The van der Waals surface area contributed by atoms with Gasteiger partial charge in [-0.2, -0.15) is 0 Å². The van der Waals surface area contributed by atoms with Crippen LogP contribution >= 0.6 is 0 Å². The molecular formula is C13H19N3O3. The van der Waals surface area contributed by atoms with Crippen LogP contribution in [0.5, 0.6) is 0 Å². The van der Waals surface area contributed by atoms with Crippen LogP contribution in [-0.4, -0.2) is 23.4 Å². The summed E-state index contributed by atoms with van der Waals surface area (Å²) in [5.41, 5.74) is 0.773. The first-order chi connectivity index (χ1) is 8.99. The molecule has 1 aromatic carbocycles. The van der Waals surface area contributed by atoms with Gasteiger partial charge in [-0.1, -0.05) is 6.92 Å². The Morgan fingerprint density at radius 1 is 1.42 bits per heavy atom. The van der Waals surface area contributed by atoms with E-state index >= 15 is 0 Å². The Balaban J connectivity index is 3.10. The van der Waals surface area contributed by atoms with Crippen LogP contribution in [0.15, 0.2) is 18.2 Å². The maximum absolute atomic E-state index is 11.7. The largest absolute Gasteiger partial charge is 0.377 e. The van der Waals surface area contributed by atoms with Gasteiger partial charge in [0, 0.05) is 24.2 Å². The third-order valence-corrected chi connectivity index (χ3v) is 2.81. The molecule has 0 saturated heterocycles. The van der Waals surface area contributed by atoms with Crippen molar-refractivity contribution < 1.29 is 9.72 Å². The molecule has 1 rings (SSSR count). The van der Waals surface area contributed by atoms with Gasteiger partial charge in [0.2, 0.25) is 0 Å². The van der Waals surface area contributed by atoms with Gasteiger partial charge in [-0.25, -0.2) is 0 Å². The Hall–Kier alpha value is -2.11. The van der Waals surface area contributed by atoms with Gasteiger partial charge in [0.05, 0.1) is 4.92 Å². The molecule has 0 bridgehead atoms. The molecule has 0 spiro atoms. The highest BCUT2D eigenvalue weighted by Crippen LogP contribution is 2.26. The SMILES string of the molecule is CCNC(=O)c1ccc([N+](=O)[O-])c(NC(C)CC)c1. The van der Waals surface area contributed by atoms with Crippen LogP contribution < -0.4 is 10.6 Å². The average Bonchev–Trinajstić information content (AvgIpc) is 2.38. The predicted molar refractivity (Wildman–Crippen MR) is 74.5 cm³/mol. The van der Waals surface area contributed by atoms with E-state index in [1.807, 2.05) is 20.8 Å². The number of nitro benzene ring substituents is 1. The summed E-state index contributed by atoms with van der Waals surface area (Å²) in [7, 11) is 0. The second-order valence-electron chi connectivity index (χ2n) is 4.30. The molecule has 0 aliphatic rings. The number of nitrogens with zero attached hydrogens (tertiary/aromatic N) is 1. The van der Waals surface area contributed by atoms with Gasteiger partial charge < -0.3 is 10.6 Å². The third-order valence-electron chi connectivity index (χ3n) is 2.81. The summed E-state index contributed by atoms with van der Waals surface area (Å²) in [5, 5.41) is 16.7. The zero-order valence-corrected chi connectivity index (χ0v) is 11.4. The van der Waals surface area contributed by atoms with E-state index in [0.717, 1.165) is 6.42 Å². The summed E-state index contributed by atoms with van der Waals surface area (Å²) in [6, 6.07) is 4.44. The number of carbonyl (C=O) groups excluding carboxylic acids is 1. The van der Waals surface area contributed by atoms with E-state index < -0.39 is 4.92 Å². The lowest BCUT2D eigenvalue weighted by Crippen LogP contribution is -2.23. The minimum Gasteiger partial charge on any atom is -0.377 e. The van der Waals surface area contributed by atoms with Crippen molar-refractivity contribution in [2.75, 3.05) is 11.9 Å². The molecule has 0 aromatic heterocycles. The van der Waals surface area contributed by atoms with E-state index in [4.69, 9.17) is 0 Å². The van der Waals surface area contributed by atoms with Gasteiger partial charge in [-0.3, -0.25) is 14.9 Å². The number of rotatable bonds is 6. The van der Waals surface area contributed by atoms with Gasteiger partial charge >= 0.3 is 0 Å². The maximum atomic E-state index is 11.7. The number of carbonyl (C=O) groups is 1. The molecule has 0 aliphatic carbocycles. The van der Waals surface area contributed by atoms with Crippen molar-refractivity contribution in [3.63, 3.8) is 0 Å². The summed E-state index contributed by atoms with van der Waals surface area (Å²) in [6.07, 6.45) is 0.836.